The first-order valence-electron chi connectivity index (χ1n) is 10.6. The molecule has 0 saturated carbocycles. The van der Waals surface area contributed by atoms with E-state index < -0.39 is 0 Å². The first-order valence-corrected chi connectivity index (χ1v) is 10.6. The summed E-state index contributed by atoms with van der Waals surface area (Å²) < 4.78 is 10.9. The molecule has 8 nitrogen and oxygen atoms in total. The minimum absolute atomic E-state index is 0.0223. The van der Waals surface area contributed by atoms with Gasteiger partial charge in [0.1, 0.15) is 5.52 Å². The quantitative estimate of drug-likeness (QED) is 0.538. The SMILES string of the molecule is CCNc1cc(N2CCN(C(=O)OCC)CC2)c2noc3c2c1C(=O)c1ccccc1-3. The highest BCUT2D eigenvalue weighted by atomic mass is 16.6. The maximum atomic E-state index is 13.4. The largest absolute Gasteiger partial charge is 0.450 e. The smallest absolute Gasteiger partial charge is 0.409 e. The molecule has 1 N–H and O–H groups in total. The van der Waals surface area contributed by atoms with Crippen LogP contribution >= 0.6 is 0 Å². The van der Waals surface area contributed by atoms with E-state index in [1.54, 1.807) is 11.8 Å². The molecule has 0 radical (unpaired) electrons. The van der Waals surface area contributed by atoms with Gasteiger partial charge in [0, 0.05) is 49.5 Å². The van der Waals surface area contributed by atoms with E-state index in [4.69, 9.17) is 9.26 Å². The van der Waals surface area contributed by atoms with Gasteiger partial charge < -0.3 is 24.4 Å². The van der Waals surface area contributed by atoms with E-state index in [1.165, 1.54) is 0 Å². The molecule has 3 aromatic rings. The zero-order chi connectivity index (χ0) is 21.5. The number of nitrogens with zero attached hydrogens (tertiary/aromatic N) is 3. The summed E-state index contributed by atoms with van der Waals surface area (Å²) in [6.45, 7) is 7.27. The van der Waals surface area contributed by atoms with Crippen LogP contribution < -0.4 is 10.2 Å². The molecule has 1 amide bonds. The van der Waals surface area contributed by atoms with Gasteiger partial charge in [0.25, 0.3) is 0 Å². The molecule has 0 bridgehead atoms. The molecular weight excluding hydrogens is 396 g/mol. The highest BCUT2D eigenvalue weighted by molar-refractivity contribution is 6.28. The summed E-state index contributed by atoms with van der Waals surface area (Å²) in [6.07, 6.45) is -0.281. The second-order valence-electron chi connectivity index (χ2n) is 7.63. The third-order valence-electron chi connectivity index (χ3n) is 5.89. The molecule has 2 heterocycles. The number of anilines is 2. The molecule has 1 saturated heterocycles. The molecule has 160 valence electrons. The Labute approximate surface area is 179 Å². The average Bonchev–Trinajstić information content (AvgIpc) is 3.23. The van der Waals surface area contributed by atoms with Crippen molar-refractivity contribution >= 4 is 34.2 Å². The zero-order valence-electron chi connectivity index (χ0n) is 17.6. The molecule has 0 spiro atoms. The molecule has 1 fully saturated rings. The number of carbonyl (C=O) groups is 2. The molecular formula is C23H24N4O4. The summed E-state index contributed by atoms with van der Waals surface area (Å²) in [4.78, 5) is 29.3. The van der Waals surface area contributed by atoms with Gasteiger partial charge in [0.05, 0.1) is 23.2 Å². The molecule has 2 aromatic carbocycles. The minimum atomic E-state index is -0.281. The number of ether oxygens (including phenoxy) is 1. The summed E-state index contributed by atoms with van der Waals surface area (Å²) >= 11 is 0. The number of hydrogen-bond acceptors (Lipinski definition) is 7. The van der Waals surface area contributed by atoms with Gasteiger partial charge in [-0.2, -0.15) is 0 Å². The van der Waals surface area contributed by atoms with Crippen molar-refractivity contribution in [3.05, 3.63) is 41.5 Å². The lowest BCUT2D eigenvalue weighted by Crippen LogP contribution is -2.49. The predicted molar refractivity (Wildman–Crippen MR) is 118 cm³/mol. The molecule has 1 aromatic heterocycles. The van der Waals surface area contributed by atoms with Gasteiger partial charge in [-0.1, -0.05) is 29.4 Å². The Morgan fingerprint density at radius 2 is 1.90 bits per heavy atom. The molecule has 1 aliphatic heterocycles. The Kier molecular flexibility index (Phi) is 4.77. The lowest BCUT2D eigenvalue weighted by Gasteiger charge is -2.35. The molecule has 8 heteroatoms. The summed E-state index contributed by atoms with van der Waals surface area (Å²) in [5.74, 6) is 0.609. The summed E-state index contributed by atoms with van der Waals surface area (Å²) in [5, 5.41) is 8.49. The Morgan fingerprint density at radius 3 is 2.61 bits per heavy atom. The molecule has 1 aliphatic carbocycles. The fourth-order valence-electron chi connectivity index (χ4n) is 4.46. The van der Waals surface area contributed by atoms with Crippen LogP contribution in [0.4, 0.5) is 16.2 Å². The van der Waals surface area contributed by atoms with Crippen molar-refractivity contribution in [1.82, 2.24) is 10.1 Å². The lowest BCUT2D eigenvalue weighted by atomic mass is 9.86. The van der Waals surface area contributed by atoms with Gasteiger partial charge in [0.15, 0.2) is 11.5 Å². The first-order chi connectivity index (χ1) is 15.1. The number of piperazine rings is 1. The number of nitrogens with one attached hydrogen (secondary N) is 1. The topological polar surface area (TPSA) is 87.9 Å². The third kappa shape index (κ3) is 3.01. The van der Waals surface area contributed by atoms with Crippen molar-refractivity contribution in [3.63, 3.8) is 0 Å². The van der Waals surface area contributed by atoms with Crippen LogP contribution in [0, 0.1) is 0 Å². The van der Waals surface area contributed by atoms with Crippen LogP contribution in [-0.2, 0) is 4.74 Å². The monoisotopic (exact) mass is 420 g/mol. The Hall–Kier alpha value is -3.55. The maximum Gasteiger partial charge on any atom is 0.409 e. The van der Waals surface area contributed by atoms with Gasteiger partial charge in [-0.15, -0.1) is 0 Å². The Balaban J connectivity index is 1.59. The highest BCUT2D eigenvalue weighted by Gasteiger charge is 2.34. The second-order valence-corrected chi connectivity index (χ2v) is 7.63. The zero-order valence-corrected chi connectivity index (χ0v) is 17.6. The summed E-state index contributed by atoms with van der Waals surface area (Å²) in [6, 6.07) is 9.47. The standard InChI is InChI=1S/C23H24N4O4/c1-3-24-16-13-17(26-9-11-27(12-10-26)23(29)30-4-2)20-19-18(16)21(28)14-7-5-6-8-15(14)22(19)31-25-20/h5-8,13,24H,3-4,9-12H2,1-2H3. The van der Waals surface area contributed by atoms with E-state index in [2.05, 4.69) is 15.4 Å². The number of hydrogen-bond donors (Lipinski definition) is 1. The van der Waals surface area contributed by atoms with Crippen LogP contribution in [0.25, 0.3) is 22.2 Å². The Bertz CT molecular complexity index is 1180. The van der Waals surface area contributed by atoms with Gasteiger partial charge in [-0.25, -0.2) is 4.79 Å². The van der Waals surface area contributed by atoms with E-state index in [0.717, 1.165) is 22.3 Å². The highest BCUT2D eigenvalue weighted by Crippen LogP contribution is 2.45. The van der Waals surface area contributed by atoms with Crippen molar-refractivity contribution in [2.75, 3.05) is 49.5 Å². The number of ketones is 1. The lowest BCUT2D eigenvalue weighted by molar-refractivity contribution is 0.103. The first kappa shape index (κ1) is 19.4. The molecule has 2 aliphatic rings. The van der Waals surface area contributed by atoms with E-state index in [0.29, 0.717) is 61.7 Å². The fraction of sp³-hybridized carbons (Fsp3) is 0.348. The summed E-state index contributed by atoms with van der Waals surface area (Å²) in [5.41, 5.74) is 4.37. The van der Waals surface area contributed by atoms with Gasteiger partial charge in [-0.3, -0.25) is 4.79 Å². The van der Waals surface area contributed by atoms with Gasteiger partial charge >= 0.3 is 6.09 Å². The normalized spacial score (nSPS) is 15.2. The maximum absolute atomic E-state index is 13.4. The van der Waals surface area contributed by atoms with Gasteiger partial charge in [-0.05, 0) is 19.9 Å². The molecule has 31 heavy (non-hydrogen) atoms. The minimum Gasteiger partial charge on any atom is -0.450 e. The number of rotatable bonds is 4. The van der Waals surface area contributed by atoms with E-state index >= 15 is 0 Å². The van der Waals surface area contributed by atoms with Crippen LogP contribution in [0.1, 0.15) is 29.8 Å². The molecule has 0 atom stereocenters. The second kappa shape index (κ2) is 7.61. The van der Waals surface area contributed by atoms with Crippen LogP contribution in [0.2, 0.25) is 0 Å². The third-order valence-corrected chi connectivity index (χ3v) is 5.89. The number of aromatic nitrogens is 1. The number of amides is 1. The molecule has 0 unspecified atom stereocenters. The van der Waals surface area contributed by atoms with Gasteiger partial charge in [0.2, 0.25) is 0 Å². The fourth-order valence-corrected chi connectivity index (χ4v) is 4.46. The van der Waals surface area contributed by atoms with E-state index in [9.17, 15) is 9.59 Å². The van der Waals surface area contributed by atoms with E-state index in [1.807, 2.05) is 37.3 Å². The van der Waals surface area contributed by atoms with Crippen LogP contribution in [-0.4, -0.2) is 61.3 Å². The van der Waals surface area contributed by atoms with E-state index in [-0.39, 0.29) is 11.9 Å². The number of fused-ring (bicyclic) bond motifs is 2. The summed E-state index contributed by atoms with van der Waals surface area (Å²) in [7, 11) is 0. The van der Waals surface area contributed by atoms with Crippen LogP contribution in [0.5, 0.6) is 0 Å². The molecule has 5 rings (SSSR count). The van der Waals surface area contributed by atoms with Crippen molar-refractivity contribution in [2.24, 2.45) is 0 Å². The van der Waals surface area contributed by atoms with Crippen LogP contribution in [0.3, 0.4) is 0 Å². The predicted octanol–water partition coefficient (Wildman–Crippen LogP) is 3.75. The number of carbonyl (C=O) groups excluding carboxylic acids is 2. The van der Waals surface area contributed by atoms with Crippen molar-refractivity contribution in [1.29, 1.82) is 0 Å². The van der Waals surface area contributed by atoms with Crippen LogP contribution in [0.15, 0.2) is 34.9 Å². The van der Waals surface area contributed by atoms with Crippen molar-refractivity contribution in [2.45, 2.75) is 13.8 Å². The van der Waals surface area contributed by atoms with Crippen molar-refractivity contribution < 1.29 is 18.8 Å². The number of benzene rings is 2. The average molecular weight is 420 g/mol. The van der Waals surface area contributed by atoms with Crippen molar-refractivity contribution in [3.8, 4) is 11.3 Å². The Morgan fingerprint density at radius 1 is 1.16 bits per heavy atom.